The maximum atomic E-state index is 14.3. The van der Waals surface area contributed by atoms with Crippen molar-refractivity contribution in [1.82, 2.24) is 15.1 Å². The van der Waals surface area contributed by atoms with Crippen LogP contribution in [0.5, 0.6) is 5.75 Å². The minimum absolute atomic E-state index is 0.0537. The molecular formula is C21H20FN6O4P. The van der Waals surface area contributed by atoms with E-state index in [4.69, 9.17) is 14.8 Å². The van der Waals surface area contributed by atoms with E-state index in [1.54, 1.807) is 49.4 Å². The van der Waals surface area contributed by atoms with Crippen LogP contribution in [-0.4, -0.2) is 20.0 Å². The van der Waals surface area contributed by atoms with Gasteiger partial charge in [0, 0.05) is 17.4 Å². The number of benzene rings is 2. The second kappa shape index (κ2) is 9.37. The van der Waals surface area contributed by atoms with E-state index >= 15 is 0 Å². The van der Waals surface area contributed by atoms with E-state index in [0.29, 0.717) is 28.6 Å². The van der Waals surface area contributed by atoms with E-state index < -0.39 is 13.3 Å². The fraction of sp³-hybridized carbons (Fsp3) is 0.0952. The predicted octanol–water partition coefficient (Wildman–Crippen LogP) is 3.75. The molecule has 2 aromatic heterocycles. The van der Waals surface area contributed by atoms with Crippen molar-refractivity contribution in [2.24, 2.45) is 5.50 Å². The van der Waals surface area contributed by atoms with E-state index in [-0.39, 0.29) is 23.7 Å². The Morgan fingerprint density at radius 3 is 2.64 bits per heavy atom. The van der Waals surface area contributed by atoms with Crippen LogP contribution in [0.3, 0.4) is 0 Å². The molecule has 0 amide bonds. The summed E-state index contributed by atoms with van der Waals surface area (Å²) >= 11 is 0. The molecule has 0 spiro atoms. The first-order valence-corrected chi connectivity index (χ1v) is 11.4. The van der Waals surface area contributed by atoms with Crippen molar-refractivity contribution in [2.75, 3.05) is 10.6 Å². The van der Waals surface area contributed by atoms with E-state index in [0.717, 1.165) is 6.20 Å². The average molecular weight is 470 g/mol. The van der Waals surface area contributed by atoms with Crippen LogP contribution in [0, 0.1) is 12.7 Å². The van der Waals surface area contributed by atoms with Crippen molar-refractivity contribution in [2.45, 2.75) is 13.5 Å². The molecule has 1 unspecified atom stereocenters. The number of nitrogens with one attached hydrogen (secondary N) is 2. The second-order valence-electron chi connectivity index (χ2n) is 7.06. The molecule has 4 rings (SSSR count). The number of aryl methyl sites for hydroxylation is 1. The lowest BCUT2D eigenvalue weighted by atomic mass is 10.3. The number of nitrogens with zero attached hydrogens (tertiary/aromatic N) is 3. The van der Waals surface area contributed by atoms with Gasteiger partial charge in [-0.2, -0.15) is 4.98 Å². The topological polar surface area (TPSA) is 148 Å². The number of ether oxygens (including phenoxy) is 1. The normalized spacial score (nSPS) is 12.7. The molecule has 2 heterocycles. The molecule has 0 aliphatic rings. The molecule has 10 nitrogen and oxygen atoms in total. The van der Waals surface area contributed by atoms with Crippen molar-refractivity contribution in [1.29, 1.82) is 0 Å². The molecule has 5 N–H and O–H groups in total. The van der Waals surface area contributed by atoms with Crippen molar-refractivity contribution in [3.05, 3.63) is 78.1 Å². The third kappa shape index (κ3) is 5.92. The van der Waals surface area contributed by atoms with Gasteiger partial charge in [0.15, 0.2) is 11.6 Å². The van der Waals surface area contributed by atoms with Gasteiger partial charge < -0.3 is 24.8 Å². The first kappa shape index (κ1) is 22.4. The van der Waals surface area contributed by atoms with E-state index in [9.17, 15) is 13.8 Å². The Morgan fingerprint density at radius 2 is 1.94 bits per heavy atom. The maximum absolute atomic E-state index is 14.3. The smallest absolute Gasteiger partial charge is 0.294 e. The van der Waals surface area contributed by atoms with Crippen LogP contribution in [0.2, 0.25) is 0 Å². The maximum Gasteiger partial charge on any atom is 0.294 e. The van der Waals surface area contributed by atoms with Crippen molar-refractivity contribution < 1.29 is 23.1 Å². The third-order valence-electron chi connectivity index (χ3n) is 4.40. The summed E-state index contributed by atoms with van der Waals surface area (Å²) in [5, 5.41) is 9.67. The van der Waals surface area contributed by atoms with Gasteiger partial charge in [0.05, 0.1) is 11.5 Å². The largest absolute Gasteiger partial charge is 0.487 e. The molecule has 0 radical (unpaired) electrons. The highest BCUT2D eigenvalue weighted by molar-refractivity contribution is 7.63. The summed E-state index contributed by atoms with van der Waals surface area (Å²) in [5.74, 6) is 0.686. The van der Waals surface area contributed by atoms with Gasteiger partial charge in [-0.15, -0.1) is 0 Å². The summed E-state index contributed by atoms with van der Waals surface area (Å²) in [6.45, 7) is 2.06. The summed E-state index contributed by atoms with van der Waals surface area (Å²) in [4.78, 5) is 17.6. The highest BCUT2D eigenvalue weighted by atomic mass is 31.2. The summed E-state index contributed by atoms with van der Waals surface area (Å²) in [5.41, 5.74) is 6.97. The van der Waals surface area contributed by atoms with Gasteiger partial charge in [-0.05, 0) is 49.4 Å². The molecule has 0 fully saturated rings. The lowest BCUT2D eigenvalue weighted by Crippen LogP contribution is -2.11. The molecular weight excluding hydrogens is 450 g/mol. The SMILES string of the molecule is Cc1cc(COc2ccc(Nc3nc(Nc4cccc(P(N)(=O)O)c4)ncc3F)cc2)no1. The van der Waals surface area contributed by atoms with Crippen LogP contribution >= 0.6 is 7.52 Å². The van der Waals surface area contributed by atoms with E-state index in [2.05, 4.69) is 25.8 Å². The molecule has 12 heteroatoms. The van der Waals surface area contributed by atoms with Crippen LogP contribution in [0.15, 0.2) is 65.3 Å². The fourth-order valence-corrected chi connectivity index (χ4v) is 3.47. The van der Waals surface area contributed by atoms with Gasteiger partial charge in [0.25, 0.3) is 7.52 Å². The first-order chi connectivity index (χ1) is 15.8. The lowest BCUT2D eigenvalue weighted by molar-refractivity contribution is 0.288. The van der Waals surface area contributed by atoms with Crippen molar-refractivity contribution in [3.8, 4) is 5.75 Å². The number of hydrogen-bond acceptors (Lipinski definition) is 8. The number of nitrogens with two attached hydrogens (primary N) is 1. The molecule has 170 valence electrons. The number of rotatable bonds is 8. The summed E-state index contributed by atoms with van der Waals surface area (Å²) < 4.78 is 36.6. The average Bonchev–Trinajstić information content (AvgIpc) is 3.20. The van der Waals surface area contributed by atoms with Gasteiger partial charge in [-0.25, -0.2) is 9.37 Å². The molecule has 4 aromatic rings. The number of hydrogen-bond donors (Lipinski definition) is 4. The number of halogens is 1. The molecule has 2 aromatic carbocycles. The predicted molar refractivity (Wildman–Crippen MR) is 121 cm³/mol. The minimum atomic E-state index is -3.91. The second-order valence-corrected chi connectivity index (χ2v) is 8.82. The Labute approximate surface area is 188 Å². The van der Waals surface area contributed by atoms with E-state index in [1.165, 1.54) is 12.1 Å². The Morgan fingerprint density at radius 1 is 1.15 bits per heavy atom. The van der Waals surface area contributed by atoms with Crippen LogP contribution in [0.4, 0.5) is 27.5 Å². The Bertz CT molecular complexity index is 1310. The van der Waals surface area contributed by atoms with Gasteiger partial charge in [0.1, 0.15) is 23.8 Å². The van der Waals surface area contributed by atoms with Crippen molar-refractivity contribution >= 4 is 36.0 Å². The van der Waals surface area contributed by atoms with Gasteiger partial charge in [-0.1, -0.05) is 11.2 Å². The van der Waals surface area contributed by atoms with Gasteiger partial charge >= 0.3 is 0 Å². The van der Waals surface area contributed by atoms with Crippen LogP contribution in [0.25, 0.3) is 0 Å². The quantitative estimate of drug-likeness (QED) is 0.281. The summed E-state index contributed by atoms with van der Waals surface area (Å²) in [7, 11) is -3.91. The zero-order chi connectivity index (χ0) is 23.4. The van der Waals surface area contributed by atoms with E-state index in [1.807, 2.05) is 0 Å². The number of aromatic nitrogens is 3. The zero-order valence-electron chi connectivity index (χ0n) is 17.4. The Kier molecular flexibility index (Phi) is 6.36. The highest BCUT2D eigenvalue weighted by Crippen LogP contribution is 2.30. The standard InChI is InChI=1S/C21H20FN6O4P/c1-13-9-16(28-32-13)12-31-17-7-5-14(6-8-17)25-20-19(22)11-24-21(27-20)26-15-3-2-4-18(10-15)33(23,29)30/h2-11H,12H2,1H3,(H3,23,29,30)(H2,24,25,26,27). The first-order valence-electron chi connectivity index (χ1n) is 9.70. The monoisotopic (exact) mass is 470 g/mol. The van der Waals surface area contributed by atoms with Crippen molar-refractivity contribution in [3.63, 3.8) is 0 Å². The molecule has 1 atom stereocenters. The molecule has 0 saturated carbocycles. The van der Waals surface area contributed by atoms with Crippen LogP contribution in [0.1, 0.15) is 11.5 Å². The Balaban J connectivity index is 1.43. The molecule has 33 heavy (non-hydrogen) atoms. The highest BCUT2D eigenvalue weighted by Gasteiger charge is 2.15. The fourth-order valence-electron chi connectivity index (χ4n) is 2.84. The van der Waals surface area contributed by atoms with Gasteiger partial charge in [-0.3, -0.25) is 10.1 Å². The molecule has 0 aliphatic carbocycles. The zero-order valence-corrected chi connectivity index (χ0v) is 18.3. The lowest BCUT2D eigenvalue weighted by Gasteiger charge is -2.11. The summed E-state index contributed by atoms with van der Waals surface area (Å²) in [6, 6.07) is 14.7. The van der Waals surface area contributed by atoms with Gasteiger partial charge in [0.2, 0.25) is 5.95 Å². The van der Waals surface area contributed by atoms with Crippen LogP contribution in [-0.2, 0) is 11.2 Å². The van der Waals surface area contributed by atoms with Crippen LogP contribution < -0.4 is 26.2 Å². The molecule has 0 bridgehead atoms. The number of anilines is 4. The minimum Gasteiger partial charge on any atom is -0.487 e. The summed E-state index contributed by atoms with van der Waals surface area (Å²) in [6.07, 6.45) is 1.01. The Hall–Kier alpha value is -3.79. The third-order valence-corrected chi connectivity index (χ3v) is 5.41. The molecule has 0 aliphatic heterocycles. The molecule has 0 saturated heterocycles.